The summed E-state index contributed by atoms with van der Waals surface area (Å²) >= 11 is 0. The molecule has 0 aromatic carbocycles. The Morgan fingerprint density at radius 3 is 2.85 bits per heavy atom. The standard InChI is InChI=1S/C14H21N3O3/c1-9(2)11-14(5-4-6-14)8-17(11)13(18)12-15-10(7-19-3)20-16-12/h9,11H,4-8H2,1-3H3. The Labute approximate surface area is 118 Å². The highest BCUT2D eigenvalue weighted by Crippen LogP contribution is 2.55. The number of rotatable bonds is 4. The van der Waals surface area contributed by atoms with E-state index in [4.69, 9.17) is 9.26 Å². The molecule has 20 heavy (non-hydrogen) atoms. The van der Waals surface area contributed by atoms with E-state index in [1.54, 1.807) is 7.11 Å². The second-order valence-electron chi connectivity index (χ2n) is 6.28. The Morgan fingerprint density at radius 2 is 2.30 bits per heavy atom. The van der Waals surface area contributed by atoms with Gasteiger partial charge >= 0.3 is 0 Å². The van der Waals surface area contributed by atoms with Gasteiger partial charge in [-0.3, -0.25) is 4.79 Å². The van der Waals surface area contributed by atoms with Crippen LogP contribution in [-0.4, -0.2) is 40.6 Å². The molecule has 2 fully saturated rings. The predicted octanol–water partition coefficient (Wildman–Crippen LogP) is 1.87. The number of amides is 1. The fourth-order valence-electron chi connectivity index (χ4n) is 3.75. The van der Waals surface area contributed by atoms with E-state index < -0.39 is 0 Å². The first-order valence-electron chi connectivity index (χ1n) is 7.20. The second-order valence-corrected chi connectivity index (χ2v) is 6.28. The van der Waals surface area contributed by atoms with Crippen LogP contribution in [0.3, 0.4) is 0 Å². The van der Waals surface area contributed by atoms with Crippen molar-refractivity contribution in [2.45, 2.75) is 45.8 Å². The lowest BCUT2D eigenvalue weighted by atomic mass is 9.55. The number of ether oxygens (including phenoxy) is 1. The summed E-state index contributed by atoms with van der Waals surface area (Å²) in [6.45, 7) is 5.42. The van der Waals surface area contributed by atoms with E-state index in [9.17, 15) is 4.79 Å². The Morgan fingerprint density at radius 1 is 1.55 bits per heavy atom. The molecular weight excluding hydrogens is 258 g/mol. The molecule has 2 aliphatic rings. The highest BCUT2D eigenvalue weighted by Gasteiger charge is 2.58. The van der Waals surface area contributed by atoms with Crippen molar-refractivity contribution in [1.82, 2.24) is 15.0 Å². The zero-order chi connectivity index (χ0) is 14.3. The lowest BCUT2D eigenvalue weighted by molar-refractivity contribution is -0.121. The van der Waals surface area contributed by atoms with Crippen LogP contribution < -0.4 is 0 Å². The molecule has 1 saturated heterocycles. The van der Waals surface area contributed by atoms with Crippen molar-refractivity contribution in [3.8, 4) is 0 Å². The molecule has 1 atom stereocenters. The number of carbonyl (C=O) groups excluding carboxylic acids is 1. The van der Waals surface area contributed by atoms with Gasteiger partial charge in [0.05, 0.1) is 0 Å². The minimum absolute atomic E-state index is 0.118. The zero-order valence-corrected chi connectivity index (χ0v) is 12.3. The summed E-state index contributed by atoms with van der Waals surface area (Å²) in [4.78, 5) is 18.5. The lowest BCUT2D eigenvalue weighted by Crippen LogP contribution is -2.70. The molecule has 1 aliphatic heterocycles. The molecule has 0 radical (unpaired) electrons. The number of hydrogen-bond donors (Lipinski definition) is 0. The van der Waals surface area contributed by atoms with Crippen LogP contribution in [0.4, 0.5) is 0 Å². The van der Waals surface area contributed by atoms with Crippen LogP contribution >= 0.6 is 0 Å². The van der Waals surface area contributed by atoms with Crippen molar-refractivity contribution >= 4 is 5.91 Å². The van der Waals surface area contributed by atoms with E-state index in [1.165, 1.54) is 19.3 Å². The van der Waals surface area contributed by atoms with Gasteiger partial charge in [-0.25, -0.2) is 0 Å². The van der Waals surface area contributed by atoms with E-state index in [2.05, 4.69) is 24.0 Å². The summed E-state index contributed by atoms with van der Waals surface area (Å²) < 4.78 is 9.92. The largest absolute Gasteiger partial charge is 0.375 e. The number of nitrogens with zero attached hydrogens (tertiary/aromatic N) is 3. The predicted molar refractivity (Wildman–Crippen MR) is 71.0 cm³/mol. The van der Waals surface area contributed by atoms with E-state index in [0.29, 0.717) is 23.3 Å². The van der Waals surface area contributed by atoms with Gasteiger partial charge in [0.15, 0.2) is 0 Å². The normalized spacial score (nSPS) is 23.8. The fraction of sp³-hybridized carbons (Fsp3) is 0.786. The molecule has 2 heterocycles. The number of carbonyl (C=O) groups is 1. The van der Waals surface area contributed by atoms with Crippen LogP contribution in [0, 0.1) is 11.3 Å². The number of likely N-dealkylation sites (tertiary alicyclic amines) is 1. The quantitative estimate of drug-likeness (QED) is 0.841. The van der Waals surface area contributed by atoms with Crippen LogP contribution in [0.25, 0.3) is 0 Å². The Bertz CT molecular complexity index is 508. The molecule has 1 amide bonds. The van der Waals surface area contributed by atoms with Crippen LogP contribution in [0.5, 0.6) is 0 Å². The second kappa shape index (κ2) is 4.84. The van der Waals surface area contributed by atoms with E-state index in [-0.39, 0.29) is 18.3 Å². The SMILES string of the molecule is COCc1nc(C(=O)N2CC3(CCC3)C2C(C)C)no1. The molecule has 3 rings (SSSR count). The first kappa shape index (κ1) is 13.5. The molecule has 1 aromatic rings. The fourth-order valence-corrected chi connectivity index (χ4v) is 3.75. The van der Waals surface area contributed by atoms with Gasteiger partial charge in [0.2, 0.25) is 0 Å². The molecule has 0 bridgehead atoms. The summed E-state index contributed by atoms with van der Waals surface area (Å²) in [5.41, 5.74) is 0.364. The first-order chi connectivity index (χ1) is 9.57. The van der Waals surface area contributed by atoms with Gasteiger partial charge in [-0.05, 0) is 18.8 Å². The number of methoxy groups -OCH3 is 1. The smallest absolute Gasteiger partial charge is 0.295 e. The monoisotopic (exact) mass is 279 g/mol. The lowest BCUT2D eigenvalue weighted by Gasteiger charge is -2.63. The minimum Gasteiger partial charge on any atom is -0.375 e. The summed E-state index contributed by atoms with van der Waals surface area (Å²) in [6, 6.07) is 0.313. The Balaban J connectivity index is 1.73. The zero-order valence-electron chi connectivity index (χ0n) is 12.3. The van der Waals surface area contributed by atoms with Crippen LogP contribution in [0.15, 0.2) is 4.52 Å². The van der Waals surface area contributed by atoms with E-state index in [1.807, 2.05) is 4.90 Å². The molecule has 6 heteroatoms. The third-order valence-electron chi connectivity index (χ3n) is 4.62. The van der Waals surface area contributed by atoms with Gasteiger partial charge in [0, 0.05) is 25.1 Å². The molecule has 110 valence electrons. The molecule has 1 aliphatic carbocycles. The van der Waals surface area contributed by atoms with Crippen molar-refractivity contribution in [3.05, 3.63) is 11.7 Å². The van der Waals surface area contributed by atoms with E-state index >= 15 is 0 Å². The third-order valence-corrected chi connectivity index (χ3v) is 4.62. The molecular formula is C14H21N3O3. The van der Waals surface area contributed by atoms with Crippen molar-refractivity contribution in [2.75, 3.05) is 13.7 Å². The van der Waals surface area contributed by atoms with Gasteiger partial charge in [-0.1, -0.05) is 25.4 Å². The maximum absolute atomic E-state index is 12.5. The number of aromatic nitrogens is 2. The Hall–Kier alpha value is -1.43. The van der Waals surface area contributed by atoms with Crippen molar-refractivity contribution in [2.24, 2.45) is 11.3 Å². The molecule has 6 nitrogen and oxygen atoms in total. The third kappa shape index (κ3) is 1.93. The molecule has 0 N–H and O–H groups in total. The van der Waals surface area contributed by atoms with Gasteiger partial charge in [-0.15, -0.1) is 0 Å². The first-order valence-corrected chi connectivity index (χ1v) is 7.20. The van der Waals surface area contributed by atoms with Gasteiger partial charge in [-0.2, -0.15) is 4.98 Å². The molecule has 1 spiro atoms. The molecule has 1 saturated carbocycles. The summed E-state index contributed by atoms with van der Waals surface area (Å²) in [5, 5.41) is 3.77. The summed E-state index contributed by atoms with van der Waals surface area (Å²) in [6.07, 6.45) is 3.76. The van der Waals surface area contributed by atoms with Crippen LogP contribution in [0.2, 0.25) is 0 Å². The summed E-state index contributed by atoms with van der Waals surface area (Å²) in [7, 11) is 1.55. The average molecular weight is 279 g/mol. The average Bonchev–Trinajstić information content (AvgIpc) is 2.74. The van der Waals surface area contributed by atoms with Crippen molar-refractivity contribution in [3.63, 3.8) is 0 Å². The van der Waals surface area contributed by atoms with Gasteiger partial charge in [0.25, 0.3) is 17.6 Å². The van der Waals surface area contributed by atoms with Gasteiger partial charge < -0.3 is 14.2 Å². The summed E-state index contributed by atoms with van der Waals surface area (Å²) in [5.74, 6) is 0.832. The maximum Gasteiger partial charge on any atom is 0.295 e. The number of hydrogen-bond acceptors (Lipinski definition) is 5. The maximum atomic E-state index is 12.5. The van der Waals surface area contributed by atoms with Crippen molar-refractivity contribution < 1.29 is 14.1 Å². The molecule has 1 unspecified atom stereocenters. The van der Waals surface area contributed by atoms with E-state index in [0.717, 1.165) is 6.54 Å². The highest BCUT2D eigenvalue weighted by atomic mass is 16.5. The van der Waals surface area contributed by atoms with Crippen molar-refractivity contribution in [1.29, 1.82) is 0 Å². The molecule has 1 aromatic heterocycles. The van der Waals surface area contributed by atoms with Gasteiger partial charge in [0.1, 0.15) is 6.61 Å². The minimum atomic E-state index is -0.118. The van der Waals surface area contributed by atoms with Crippen LogP contribution in [-0.2, 0) is 11.3 Å². The highest BCUT2D eigenvalue weighted by molar-refractivity contribution is 5.91. The topological polar surface area (TPSA) is 68.5 Å². The van der Waals surface area contributed by atoms with Crippen LogP contribution in [0.1, 0.15) is 49.6 Å². The Kier molecular flexibility index (Phi) is 3.28.